The first-order valence-electron chi connectivity index (χ1n) is 13.4. The summed E-state index contributed by atoms with van der Waals surface area (Å²) in [7, 11) is -2.35. The van der Waals surface area contributed by atoms with Crippen molar-refractivity contribution in [3.05, 3.63) is 29.3 Å². The zero-order valence-corrected chi connectivity index (χ0v) is 26.9. The number of aromatic amines is 1. The number of nitrogen functional groups attached to an aromatic ring is 2. The van der Waals surface area contributed by atoms with Crippen molar-refractivity contribution in [2.45, 2.75) is 49.1 Å². The van der Waals surface area contributed by atoms with Gasteiger partial charge in [-0.05, 0) is 11.8 Å². The van der Waals surface area contributed by atoms with Crippen molar-refractivity contribution in [1.82, 2.24) is 39.0 Å². The summed E-state index contributed by atoms with van der Waals surface area (Å²) in [6, 6.07) is 0. The van der Waals surface area contributed by atoms with E-state index in [2.05, 4.69) is 42.2 Å². The van der Waals surface area contributed by atoms with Gasteiger partial charge in [0.25, 0.3) is 5.56 Å². The largest absolute Gasteiger partial charge is 0.478 e. The lowest BCUT2D eigenvalue weighted by atomic mass is 10.1. The van der Waals surface area contributed by atoms with E-state index in [9.17, 15) is 19.9 Å². The summed E-state index contributed by atoms with van der Waals surface area (Å²) in [6.45, 7) is -5.01. The molecule has 10 atom stereocenters. The van der Waals surface area contributed by atoms with E-state index >= 15 is 0 Å². The van der Waals surface area contributed by atoms with Crippen LogP contribution < -0.4 is 17.0 Å². The molecule has 2 bridgehead atoms. The van der Waals surface area contributed by atoms with E-state index in [1.165, 1.54) is 35.2 Å². The number of aliphatic hydroxyl groups excluding tert-OH is 2. The third-order valence-corrected chi connectivity index (χ3v) is 11.7. The monoisotopic (exact) mass is 721 g/mol. The zero-order chi connectivity index (χ0) is 32.5. The number of thiol groups is 1. The summed E-state index contributed by atoms with van der Waals surface area (Å²) in [6.07, 6.45) is -6.28. The van der Waals surface area contributed by atoms with Crippen LogP contribution in [0.25, 0.3) is 22.3 Å². The molecule has 10 unspecified atom stereocenters. The van der Waals surface area contributed by atoms with Gasteiger partial charge in [0.05, 0.1) is 38.6 Å². The second kappa shape index (κ2) is 11.9. The fraction of sp³-hybridized carbons (Fsp3) is 0.524. The second-order valence-electron chi connectivity index (χ2n) is 10.3. The molecule has 248 valence electrons. The molecule has 4 aromatic heterocycles. The van der Waals surface area contributed by atoms with Crippen LogP contribution in [0.15, 0.2) is 23.8 Å². The van der Waals surface area contributed by atoms with Gasteiger partial charge in [0, 0.05) is 0 Å². The average molecular weight is 722 g/mol. The molecule has 25 heteroatoms. The molecule has 21 nitrogen and oxygen atoms in total. The van der Waals surface area contributed by atoms with Gasteiger partial charge < -0.3 is 40.6 Å². The van der Waals surface area contributed by atoms with Crippen LogP contribution in [0.4, 0.5) is 11.8 Å². The number of nitrogens with one attached hydrogen (secondary N) is 1. The molecular weight excluding hydrogens is 694 g/mol. The molecule has 0 aromatic carbocycles. The molecule has 46 heavy (non-hydrogen) atoms. The molecule has 3 aliphatic rings. The van der Waals surface area contributed by atoms with Gasteiger partial charge in [-0.3, -0.25) is 23.4 Å². The second-order valence-corrected chi connectivity index (χ2v) is 16.4. The first-order chi connectivity index (χ1) is 21.9. The Morgan fingerprint density at radius 2 is 1.76 bits per heavy atom. The van der Waals surface area contributed by atoms with Crippen LogP contribution in [-0.4, -0.2) is 111 Å². The molecule has 4 aromatic rings. The summed E-state index contributed by atoms with van der Waals surface area (Å²) >= 11 is 9.82. The summed E-state index contributed by atoms with van der Waals surface area (Å²) in [4.78, 5) is 46.4. The van der Waals surface area contributed by atoms with E-state index in [1.54, 1.807) is 0 Å². The van der Waals surface area contributed by atoms with Crippen molar-refractivity contribution in [2.75, 3.05) is 31.8 Å². The Balaban J connectivity index is 1.22. The summed E-state index contributed by atoms with van der Waals surface area (Å²) in [5.41, 5.74) is 11.6. The van der Waals surface area contributed by atoms with Crippen LogP contribution in [0.5, 0.6) is 0 Å². The van der Waals surface area contributed by atoms with Crippen molar-refractivity contribution >= 4 is 72.0 Å². The minimum Gasteiger partial charge on any atom is -0.387 e. The zero-order valence-electron chi connectivity index (χ0n) is 23.4. The molecule has 7 heterocycles. The highest BCUT2D eigenvalue weighted by atomic mass is 32.7. The van der Waals surface area contributed by atoms with Crippen LogP contribution >= 0.6 is 26.1 Å². The Morgan fingerprint density at radius 1 is 1.04 bits per heavy atom. The van der Waals surface area contributed by atoms with Crippen molar-refractivity contribution in [2.24, 2.45) is 0 Å². The Kier molecular flexibility index (Phi) is 8.30. The fourth-order valence-electron chi connectivity index (χ4n) is 5.39. The maximum atomic E-state index is 12.4. The molecule has 0 amide bonds. The minimum absolute atomic E-state index is 0.0352. The third-order valence-electron chi connectivity index (χ3n) is 7.55. The lowest BCUT2D eigenvalue weighted by molar-refractivity contribution is -0.0618. The van der Waals surface area contributed by atoms with Gasteiger partial charge in [-0.2, -0.15) is 18.6 Å². The highest BCUT2D eigenvalue weighted by Crippen LogP contribution is 2.68. The van der Waals surface area contributed by atoms with E-state index in [-0.39, 0.29) is 40.7 Å². The summed E-state index contributed by atoms with van der Waals surface area (Å²) in [5, 5.41) is 22.7. The average Bonchev–Trinajstić information content (AvgIpc) is 3.77. The number of imidazole rings is 2. The number of hydrogen-bond acceptors (Lipinski definition) is 19. The Bertz CT molecular complexity index is 1900. The maximum absolute atomic E-state index is 12.4. The molecule has 0 saturated carbocycles. The number of nitrogens with zero attached hydrogens (tertiary/aromatic N) is 7. The SMILES string of the molecule is CO[P+]1(S)OCC2OC(n3cnc4c(N)ncnc43)C(O)C2OP(O)(=S)OCC2OC(n3cnc4c(=O)[nH]c(N)nc43)C(O1)C2O. The summed E-state index contributed by atoms with van der Waals surface area (Å²) in [5.74, 6) is -0.0653. The van der Waals surface area contributed by atoms with E-state index in [1.807, 2.05) is 0 Å². The number of aromatic nitrogens is 8. The first kappa shape index (κ1) is 32.1. The maximum Gasteiger partial charge on any atom is 0.478 e. The quantitative estimate of drug-likeness (QED) is 0.0979. The first-order valence-corrected chi connectivity index (χ1v) is 18.7. The van der Waals surface area contributed by atoms with Gasteiger partial charge in [-0.1, -0.05) is 0 Å². The van der Waals surface area contributed by atoms with Gasteiger partial charge in [-0.15, -0.1) is 0 Å². The highest BCUT2D eigenvalue weighted by molar-refractivity contribution is 8.47. The molecule has 3 aliphatic heterocycles. The smallest absolute Gasteiger partial charge is 0.387 e. The lowest BCUT2D eigenvalue weighted by Gasteiger charge is -2.27. The summed E-state index contributed by atoms with van der Waals surface area (Å²) < 4.78 is 44.0. The molecule has 0 aliphatic carbocycles. The predicted molar refractivity (Wildman–Crippen MR) is 163 cm³/mol. The number of ether oxygens (including phenoxy) is 2. The number of nitrogens with two attached hydrogens (primary N) is 2. The molecular formula is C21H27N10O11P2S2+. The van der Waals surface area contributed by atoms with Gasteiger partial charge in [0.2, 0.25) is 5.95 Å². The van der Waals surface area contributed by atoms with Crippen molar-refractivity contribution in [3.63, 3.8) is 0 Å². The predicted octanol–water partition coefficient (Wildman–Crippen LogP) is -1.07. The van der Waals surface area contributed by atoms with Crippen molar-refractivity contribution in [3.8, 4) is 0 Å². The van der Waals surface area contributed by atoms with Gasteiger partial charge in [0.1, 0.15) is 49.0 Å². The van der Waals surface area contributed by atoms with Gasteiger partial charge in [-0.25, -0.2) is 19.9 Å². The van der Waals surface area contributed by atoms with Crippen molar-refractivity contribution in [1.29, 1.82) is 0 Å². The molecule has 0 spiro atoms. The Labute approximate surface area is 268 Å². The normalized spacial score (nSPS) is 37.2. The van der Waals surface area contributed by atoms with E-state index in [0.717, 1.165) is 0 Å². The molecule has 8 N–H and O–H groups in total. The van der Waals surface area contributed by atoms with Crippen LogP contribution in [0.2, 0.25) is 0 Å². The molecule has 0 radical (unpaired) electrons. The number of rotatable bonds is 3. The lowest BCUT2D eigenvalue weighted by Crippen LogP contribution is -2.36. The van der Waals surface area contributed by atoms with Crippen LogP contribution in [-0.2, 0) is 43.9 Å². The van der Waals surface area contributed by atoms with Crippen LogP contribution in [0, 0.1) is 0 Å². The van der Waals surface area contributed by atoms with Crippen LogP contribution in [0.1, 0.15) is 12.5 Å². The molecule has 3 saturated heterocycles. The molecule has 3 fully saturated rings. The Morgan fingerprint density at radius 3 is 2.52 bits per heavy atom. The highest BCUT2D eigenvalue weighted by Gasteiger charge is 2.57. The number of aliphatic hydroxyl groups is 2. The number of hydrogen-bond donors (Lipinski definition) is 7. The van der Waals surface area contributed by atoms with E-state index in [0.29, 0.717) is 0 Å². The Hall–Kier alpha value is -2.47. The third kappa shape index (κ3) is 5.58. The fourth-order valence-corrected chi connectivity index (χ4v) is 8.49. The van der Waals surface area contributed by atoms with Gasteiger partial charge >= 0.3 is 13.9 Å². The topological polar surface area (TPSA) is 285 Å². The van der Waals surface area contributed by atoms with E-state index in [4.69, 9.17) is 55.4 Å². The van der Waals surface area contributed by atoms with E-state index < -0.39 is 75.1 Å². The minimum atomic E-state index is -4.15. The van der Waals surface area contributed by atoms with Crippen LogP contribution in [0.3, 0.4) is 0 Å². The van der Waals surface area contributed by atoms with Crippen molar-refractivity contribution < 1.29 is 47.2 Å². The number of H-pyrrole nitrogens is 1. The number of fused-ring (bicyclic) bond motifs is 5. The van der Waals surface area contributed by atoms with Gasteiger partial charge in [0.15, 0.2) is 41.2 Å². The standard InChI is InChI=1S/C21H26N10O11P2S2/c1-36-44(46)38-3-8-13(12(33)19(40-8)30-5-26-9-15(22)24-4-25-16(9)30)41-43(35,45)37-2-7-11(32)14(42-44)20(39-7)31-6-27-10-17(31)28-21(23)29-18(10)34/h4-8,11-14,19-20,32-33,46H,2-3H2,1H3,(H5-,22,23,24,25,28,29,34,35,45)/p+1. The number of anilines is 2. The molecule has 7 rings (SSSR count).